The van der Waals surface area contributed by atoms with Gasteiger partial charge >= 0.3 is 0 Å². The second-order valence-corrected chi connectivity index (χ2v) is 3.05. The average molecular weight is 201 g/mol. The Labute approximate surface area is 87.2 Å². The second-order valence-electron chi connectivity index (χ2n) is 3.05. The number of hydrogen-bond acceptors (Lipinski definition) is 1. The third kappa shape index (κ3) is 14.8. The quantitative estimate of drug-likeness (QED) is 0.420. The third-order valence-corrected chi connectivity index (χ3v) is 1.53. The zero-order valence-corrected chi connectivity index (χ0v) is 10.0. The fourth-order valence-electron chi connectivity index (χ4n) is 0.846. The monoisotopic (exact) mass is 201 g/mol. The molecule has 0 aliphatic carbocycles. The molecule has 1 N–H and O–H groups in total. The summed E-state index contributed by atoms with van der Waals surface area (Å²) in [6.45, 7) is 6.42. The van der Waals surface area contributed by atoms with Gasteiger partial charge in [-0.15, -0.1) is 0 Å². The maximum absolute atomic E-state index is 8.55. The molecular formula is C10H21BOP. The molecule has 0 aromatic heterocycles. The molecule has 1 atom stereocenters. The van der Waals surface area contributed by atoms with E-state index in [1.807, 2.05) is 6.08 Å². The molecule has 0 aliphatic heterocycles. The summed E-state index contributed by atoms with van der Waals surface area (Å²) in [4.78, 5) is 0. The van der Waals surface area contributed by atoms with Crippen molar-refractivity contribution in [3.63, 3.8) is 0 Å². The minimum atomic E-state index is 0.167. The topological polar surface area (TPSA) is 20.2 Å². The van der Waals surface area contributed by atoms with Crippen LogP contribution in [0.4, 0.5) is 0 Å². The Morgan fingerprint density at radius 2 is 2.00 bits per heavy atom. The van der Waals surface area contributed by atoms with Crippen LogP contribution in [0.5, 0.6) is 0 Å². The molecule has 1 unspecified atom stereocenters. The Morgan fingerprint density at radius 1 is 1.46 bits per heavy atom. The van der Waals surface area contributed by atoms with E-state index in [1.54, 1.807) is 0 Å². The predicted molar refractivity (Wildman–Crippen MR) is 66.4 cm³/mol. The Morgan fingerprint density at radius 3 is 2.38 bits per heavy atom. The largest absolute Gasteiger partial charge is 0.392 e. The van der Waals surface area contributed by atoms with E-state index in [0.29, 0.717) is 0 Å². The predicted octanol–water partition coefficient (Wildman–Crippen LogP) is 2.35. The van der Waals surface area contributed by atoms with Gasteiger partial charge in [0.2, 0.25) is 0 Å². The van der Waals surface area contributed by atoms with Gasteiger partial charge in [0.25, 0.3) is 0 Å². The highest BCUT2D eigenvalue weighted by molar-refractivity contribution is 7.49. The number of hydrogen-bond donors (Lipinski definition) is 1. The fourth-order valence-corrected chi connectivity index (χ4v) is 0.846. The summed E-state index contributed by atoms with van der Waals surface area (Å²) in [7, 11) is 3.29. The van der Waals surface area contributed by atoms with E-state index in [9.17, 15) is 0 Å². The molecule has 0 aromatic rings. The van der Waals surface area contributed by atoms with E-state index in [2.05, 4.69) is 36.0 Å². The normalized spacial score (nSPS) is 10.8. The maximum atomic E-state index is 8.55. The number of allylic oxidation sites excluding steroid dienone is 3. The van der Waals surface area contributed by atoms with Crippen molar-refractivity contribution in [1.82, 2.24) is 0 Å². The third-order valence-electron chi connectivity index (χ3n) is 1.53. The Hall–Kier alpha value is -0.0651. The van der Waals surface area contributed by atoms with E-state index in [1.165, 1.54) is 18.7 Å². The molecule has 0 bridgehead atoms. The maximum Gasteiger partial charge on any atom is 0.116 e. The summed E-state index contributed by atoms with van der Waals surface area (Å²) >= 11 is 0. The van der Waals surface area contributed by atoms with Gasteiger partial charge in [0.1, 0.15) is 7.53 Å². The van der Waals surface area contributed by atoms with E-state index in [-0.39, 0.29) is 6.61 Å². The first-order valence-electron chi connectivity index (χ1n) is 4.97. The van der Waals surface area contributed by atoms with Gasteiger partial charge in [-0.3, -0.25) is 0 Å². The van der Waals surface area contributed by atoms with Gasteiger partial charge in [0.15, 0.2) is 0 Å². The highest BCUT2D eigenvalue weighted by Gasteiger charge is 1.86. The molecule has 13 heavy (non-hydrogen) atoms. The minimum Gasteiger partial charge on any atom is -0.392 e. The molecule has 0 spiro atoms. The molecule has 0 amide bonds. The van der Waals surface area contributed by atoms with E-state index in [0.717, 1.165) is 12.8 Å². The molecule has 0 saturated heterocycles. The van der Waals surface area contributed by atoms with Crippen LogP contribution in [0.15, 0.2) is 23.3 Å². The molecule has 3 heteroatoms. The smallest absolute Gasteiger partial charge is 0.116 e. The Kier molecular flexibility index (Phi) is 11.9. The molecule has 1 nitrogen and oxygen atoms in total. The van der Waals surface area contributed by atoms with Crippen molar-refractivity contribution in [2.45, 2.75) is 33.6 Å². The summed E-state index contributed by atoms with van der Waals surface area (Å²) in [6.07, 6.45) is 6.23. The van der Waals surface area contributed by atoms with Gasteiger partial charge in [0.05, 0.1) is 6.61 Å². The molecule has 0 aromatic carbocycles. The molecule has 0 fully saturated rings. The van der Waals surface area contributed by atoms with Crippen LogP contribution in [-0.2, 0) is 0 Å². The van der Waals surface area contributed by atoms with Crippen LogP contribution < -0.4 is 0 Å². The number of aliphatic hydroxyl groups is 1. The van der Waals surface area contributed by atoms with Crippen LogP contribution in [-0.4, -0.2) is 20.6 Å². The summed E-state index contributed by atoms with van der Waals surface area (Å²) < 4.78 is 6.05. The zero-order valence-electron chi connectivity index (χ0n) is 9.88. The first-order valence-corrected chi connectivity index (χ1v) is 5.06. The summed E-state index contributed by atoms with van der Waals surface area (Å²) in [5.41, 5.74) is 2.63. The average Bonchev–Trinajstić information content (AvgIpc) is 2.05. The van der Waals surface area contributed by atoms with Crippen molar-refractivity contribution in [3.8, 4) is 0 Å². The van der Waals surface area contributed by atoms with E-state index >= 15 is 0 Å². The SMILES string of the molecule is CC(C)=CCC/C(C)=C/CO.[3H][B]P. The molecule has 1 radical (unpaired) electrons. The molecular weight excluding hydrogens is 178 g/mol. The number of aliphatic hydroxyl groups excluding tert-OH is 1. The highest BCUT2D eigenvalue weighted by atomic mass is 31.0. The van der Waals surface area contributed by atoms with Gasteiger partial charge in [-0.05, 0) is 34.9 Å². The van der Waals surface area contributed by atoms with Crippen LogP contribution in [0.3, 0.4) is 0 Å². The van der Waals surface area contributed by atoms with Crippen molar-refractivity contribution in [2.75, 3.05) is 6.61 Å². The lowest BCUT2D eigenvalue weighted by molar-refractivity contribution is 0.341. The first kappa shape index (κ1) is 12.9. The van der Waals surface area contributed by atoms with Crippen LogP contribution in [0.25, 0.3) is 0 Å². The van der Waals surface area contributed by atoms with Gasteiger partial charge < -0.3 is 5.11 Å². The van der Waals surface area contributed by atoms with E-state index < -0.39 is 0 Å². The van der Waals surface area contributed by atoms with Crippen LogP contribution in [0.2, 0.25) is 0 Å². The van der Waals surface area contributed by atoms with Crippen molar-refractivity contribution in [2.24, 2.45) is 0 Å². The summed E-state index contributed by atoms with van der Waals surface area (Å²) in [6, 6.07) is 0. The second kappa shape index (κ2) is 11.9. The molecule has 0 heterocycles. The molecule has 0 aliphatic rings. The minimum absolute atomic E-state index is 0.167. The van der Waals surface area contributed by atoms with Crippen molar-refractivity contribution >= 4 is 16.6 Å². The lowest BCUT2D eigenvalue weighted by Gasteiger charge is -1.96. The van der Waals surface area contributed by atoms with Crippen molar-refractivity contribution in [3.05, 3.63) is 23.3 Å². The Bertz CT molecular complexity index is 177. The van der Waals surface area contributed by atoms with Crippen LogP contribution >= 0.6 is 9.12 Å². The lowest BCUT2D eigenvalue weighted by Crippen LogP contribution is -1.80. The molecule has 0 rings (SSSR count). The van der Waals surface area contributed by atoms with Gasteiger partial charge in [-0.1, -0.05) is 23.3 Å². The molecule has 0 saturated carbocycles. The van der Waals surface area contributed by atoms with Crippen LogP contribution in [0.1, 0.15) is 33.6 Å². The lowest BCUT2D eigenvalue weighted by atomic mass is 10.1. The van der Waals surface area contributed by atoms with Crippen LogP contribution in [0, 0.1) is 0 Å². The standard InChI is InChI=1S/C10H18O.BH3P/c1-9(2)5-4-6-10(3)7-8-11;1-2/h5,7,11H,4,6,8H2,1-3H3;1H,2H2/b10-7+;/i;1T. The number of rotatable bonds is 4. The van der Waals surface area contributed by atoms with Gasteiger partial charge in [-0.25, -0.2) is 0 Å². The first-order chi connectivity index (χ1) is 6.58. The summed E-state index contributed by atoms with van der Waals surface area (Å²) in [5.74, 6) is 0. The van der Waals surface area contributed by atoms with Gasteiger partial charge in [0, 0.05) is 0 Å². The highest BCUT2D eigenvalue weighted by Crippen LogP contribution is 2.05. The fraction of sp³-hybridized carbons (Fsp3) is 0.600. The van der Waals surface area contributed by atoms with E-state index in [4.69, 9.17) is 6.44 Å². The zero-order chi connectivity index (χ0) is 11.4. The summed E-state index contributed by atoms with van der Waals surface area (Å²) in [5, 5.41) is 8.55. The molecule has 75 valence electrons. The van der Waals surface area contributed by atoms with Gasteiger partial charge in [-0.2, -0.15) is 9.12 Å². The van der Waals surface area contributed by atoms with Crippen molar-refractivity contribution < 1.29 is 5.11 Å². The Balaban J connectivity index is 0. The van der Waals surface area contributed by atoms with Crippen molar-refractivity contribution in [1.29, 1.82) is 1.34 Å².